The van der Waals surface area contributed by atoms with Gasteiger partial charge < -0.3 is 5.11 Å². The smallest absolute Gasteiger partial charge is 0.144 e. The molecule has 2 aromatic heterocycles. The van der Waals surface area contributed by atoms with Crippen molar-refractivity contribution in [3.05, 3.63) is 42.7 Å². The second-order valence-electron chi connectivity index (χ2n) is 3.94. The Morgan fingerprint density at radius 2 is 1.89 bits per heavy atom. The summed E-state index contributed by atoms with van der Waals surface area (Å²) in [5, 5.41) is 19.6. The summed E-state index contributed by atoms with van der Waals surface area (Å²) in [5.41, 5.74) is 1.54. The molecule has 0 atom stereocenters. The molecule has 1 aromatic carbocycles. The molecule has 0 spiro atoms. The third kappa shape index (κ3) is 1.80. The number of aromatic nitrogens is 3. The topological polar surface area (TPSA) is 58.9 Å². The highest BCUT2D eigenvalue weighted by atomic mass is 16.3. The van der Waals surface area contributed by atoms with Crippen LogP contribution in [0.4, 0.5) is 0 Å². The average Bonchev–Trinajstić information content (AvgIpc) is 2.39. The van der Waals surface area contributed by atoms with Gasteiger partial charge in [0.15, 0.2) is 0 Å². The summed E-state index contributed by atoms with van der Waals surface area (Å²) in [4.78, 5) is 4.05. The van der Waals surface area contributed by atoms with E-state index in [0.717, 1.165) is 10.8 Å². The first kappa shape index (κ1) is 10.7. The van der Waals surface area contributed by atoms with Crippen molar-refractivity contribution in [2.75, 3.05) is 0 Å². The number of rotatable bonds is 1. The van der Waals surface area contributed by atoms with Crippen LogP contribution in [0.2, 0.25) is 0 Å². The van der Waals surface area contributed by atoms with Crippen LogP contribution >= 0.6 is 0 Å². The summed E-state index contributed by atoms with van der Waals surface area (Å²) in [6.45, 7) is 0. The highest BCUT2D eigenvalue weighted by Crippen LogP contribution is 2.31. The predicted octanol–water partition coefficient (Wildman–Crippen LogP) is 1.19. The molecule has 0 saturated heterocycles. The highest BCUT2D eigenvalue weighted by molar-refractivity contribution is 6.30. The second-order valence-corrected chi connectivity index (χ2v) is 3.94. The van der Waals surface area contributed by atoms with Crippen molar-refractivity contribution >= 4 is 24.2 Å². The Morgan fingerprint density at radius 1 is 1.00 bits per heavy atom. The number of nitrogens with zero attached hydrogens (tertiary/aromatic N) is 3. The van der Waals surface area contributed by atoms with E-state index in [1.165, 1.54) is 0 Å². The minimum Gasteiger partial charge on any atom is -0.507 e. The van der Waals surface area contributed by atoms with Gasteiger partial charge in [0, 0.05) is 28.9 Å². The van der Waals surface area contributed by atoms with Gasteiger partial charge in [-0.05, 0) is 35.7 Å². The molecular formula is C13H8BN3O. The molecule has 18 heavy (non-hydrogen) atoms. The zero-order valence-electron chi connectivity index (χ0n) is 9.41. The summed E-state index contributed by atoms with van der Waals surface area (Å²) in [6, 6.07) is 8.73. The van der Waals surface area contributed by atoms with Crippen LogP contribution in [0.1, 0.15) is 0 Å². The number of pyridine rings is 1. The van der Waals surface area contributed by atoms with Crippen LogP contribution in [-0.2, 0) is 0 Å². The summed E-state index contributed by atoms with van der Waals surface area (Å²) >= 11 is 0. The number of hydrogen-bond acceptors (Lipinski definition) is 4. The fourth-order valence-corrected chi connectivity index (χ4v) is 1.82. The predicted molar refractivity (Wildman–Crippen MR) is 69.8 cm³/mol. The first-order chi connectivity index (χ1) is 8.74. The first-order valence-corrected chi connectivity index (χ1v) is 5.40. The van der Waals surface area contributed by atoms with Crippen molar-refractivity contribution in [2.45, 2.75) is 0 Å². The molecule has 3 aromatic rings. The molecule has 0 aliphatic rings. The molecule has 0 amide bonds. The highest BCUT2D eigenvalue weighted by Gasteiger charge is 2.08. The molecule has 84 valence electrons. The standard InChI is InChI=1S/C13H8BN3O/c14-13-2-1-11(16-17-13)10-5-9-7-15-4-3-8(9)6-12(10)18/h1-7,18H. The van der Waals surface area contributed by atoms with Gasteiger partial charge in [-0.15, -0.1) is 0 Å². The van der Waals surface area contributed by atoms with Crippen LogP contribution in [0.15, 0.2) is 42.7 Å². The van der Waals surface area contributed by atoms with E-state index in [1.807, 2.05) is 12.1 Å². The Balaban J connectivity index is 2.22. The maximum Gasteiger partial charge on any atom is 0.144 e. The SMILES string of the molecule is [B]c1ccc(-c2cc3cnccc3cc2O)nn1. The Labute approximate surface area is 105 Å². The third-order valence-electron chi connectivity index (χ3n) is 2.72. The van der Waals surface area contributed by atoms with Crippen molar-refractivity contribution < 1.29 is 5.11 Å². The summed E-state index contributed by atoms with van der Waals surface area (Å²) in [7, 11) is 5.49. The van der Waals surface area contributed by atoms with Crippen LogP contribution in [0.3, 0.4) is 0 Å². The van der Waals surface area contributed by atoms with Gasteiger partial charge in [0.25, 0.3) is 0 Å². The lowest BCUT2D eigenvalue weighted by Crippen LogP contribution is -2.09. The van der Waals surface area contributed by atoms with Gasteiger partial charge in [-0.1, -0.05) is 0 Å². The zero-order chi connectivity index (χ0) is 12.5. The van der Waals surface area contributed by atoms with Crippen LogP contribution in [-0.4, -0.2) is 28.1 Å². The van der Waals surface area contributed by atoms with Crippen LogP contribution < -0.4 is 5.59 Å². The molecule has 5 heteroatoms. The van der Waals surface area contributed by atoms with Crippen LogP contribution in [0.5, 0.6) is 5.75 Å². The molecule has 1 N–H and O–H groups in total. The Kier molecular flexibility index (Phi) is 2.44. The van der Waals surface area contributed by atoms with Gasteiger partial charge in [0.2, 0.25) is 0 Å². The van der Waals surface area contributed by atoms with Gasteiger partial charge in [0.05, 0.1) is 5.69 Å². The average molecular weight is 233 g/mol. The molecule has 0 unspecified atom stereocenters. The number of aromatic hydroxyl groups is 1. The lowest BCUT2D eigenvalue weighted by atomic mass is 10.0. The number of hydrogen-bond donors (Lipinski definition) is 1. The Morgan fingerprint density at radius 3 is 2.67 bits per heavy atom. The van der Waals surface area contributed by atoms with E-state index in [-0.39, 0.29) is 5.75 Å². The minimum absolute atomic E-state index is 0.160. The molecule has 0 aliphatic heterocycles. The van der Waals surface area contributed by atoms with Gasteiger partial charge in [-0.3, -0.25) is 4.98 Å². The van der Waals surface area contributed by atoms with Gasteiger partial charge in [0.1, 0.15) is 13.6 Å². The largest absolute Gasteiger partial charge is 0.507 e. The summed E-state index contributed by atoms with van der Waals surface area (Å²) in [6.07, 6.45) is 3.42. The number of phenols is 1. The maximum absolute atomic E-state index is 10.0. The fraction of sp³-hybridized carbons (Fsp3) is 0. The van der Waals surface area contributed by atoms with Crippen molar-refractivity contribution in [3.63, 3.8) is 0 Å². The Bertz CT molecular complexity index is 713. The van der Waals surface area contributed by atoms with Crippen LogP contribution in [0, 0.1) is 0 Å². The molecule has 3 rings (SSSR count). The lowest BCUT2D eigenvalue weighted by molar-refractivity contribution is 0.478. The molecule has 0 bridgehead atoms. The van der Waals surface area contributed by atoms with Gasteiger partial charge in [-0.25, -0.2) is 0 Å². The van der Waals surface area contributed by atoms with Crippen LogP contribution in [0.25, 0.3) is 22.0 Å². The molecule has 0 saturated carbocycles. The van der Waals surface area contributed by atoms with Crippen molar-refractivity contribution in [2.24, 2.45) is 0 Å². The quantitative estimate of drug-likeness (QED) is 0.641. The summed E-state index contributed by atoms with van der Waals surface area (Å²) in [5.74, 6) is 0.160. The Hall–Kier alpha value is -2.43. The first-order valence-electron chi connectivity index (χ1n) is 5.40. The van der Waals surface area contributed by atoms with Crippen molar-refractivity contribution in [3.8, 4) is 17.0 Å². The van der Waals surface area contributed by atoms with E-state index in [9.17, 15) is 5.11 Å². The zero-order valence-corrected chi connectivity index (χ0v) is 9.41. The molecular weight excluding hydrogens is 225 g/mol. The molecule has 0 aliphatic carbocycles. The van der Waals surface area contributed by atoms with E-state index >= 15 is 0 Å². The number of fused-ring (bicyclic) bond motifs is 1. The maximum atomic E-state index is 10.0. The molecule has 4 nitrogen and oxygen atoms in total. The summed E-state index contributed by atoms with van der Waals surface area (Å²) < 4.78 is 0. The number of benzene rings is 1. The fourth-order valence-electron chi connectivity index (χ4n) is 1.82. The minimum atomic E-state index is 0.160. The molecule has 2 heterocycles. The van der Waals surface area contributed by atoms with Gasteiger partial charge in [-0.2, -0.15) is 10.2 Å². The number of phenolic OH excluding ortho intramolecular Hbond substituents is 1. The van der Waals surface area contributed by atoms with E-state index in [1.54, 1.807) is 30.6 Å². The van der Waals surface area contributed by atoms with E-state index in [4.69, 9.17) is 7.85 Å². The second kappa shape index (κ2) is 4.11. The lowest BCUT2D eigenvalue weighted by Gasteiger charge is -2.06. The third-order valence-corrected chi connectivity index (χ3v) is 2.72. The van der Waals surface area contributed by atoms with E-state index < -0.39 is 0 Å². The normalized spacial score (nSPS) is 10.7. The van der Waals surface area contributed by atoms with E-state index in [2.05, 4.69) is 15.2 Å². The van der Waals surface area contributed by atoms with Crippen molar-refractivity contribution in [1.82, 2.24) is 15.2 Å². The van der Waals surface area contributed by atoms with Gasteiger partial charge >= 0.3 is 0 Å². The van der Waals surface area contributed by atoms with Crippen molar-refractivity contribution in [1.29, 1.82) is 0 Å². The monoisotopic (exact) mass is 233 g/mol. The van der Waals surface area contributed by atoms with E-state index in [0.29, 0.717) is 16.9 Å². The molecule has 2 radical (unpaired) electrons. The molecule has 0 fully saturated rings.